The van der Waals surface area contributed by atoms with Gasteiger partial charge in [0.25, 0.3) is 5.88 Å². The average molecular weight is 287 g/mol. The molecule has 20 heavy (non-hydrogen) atoms. The summed E-state index contributed by atoms with van der Waals surface area (Å²) in [6.45, 7) is 0. The lowest BCUT2D eigenvalue weighted by Crippen LogP contribution is -1.99. The van der Waals surface area contributed by atoms with Crippen LogP contribution in [-0.2, 0) is 0 Å². The minimum Gasteiger partial charge on any atom is -0.436 e. The number of para-hydroxylation sites is 1. The molecule has 0 atom stereocenters. The maximum Gasteiger partial charge on any atom is 0.250 e. The number of hydrogen-bond acceptors (Lipinski definition) is 6. The molecule has 3 rings (SSSR count). The molecule has 0 unspecified atom stereocenters. The van der Waals surface area contributed by atoms with Gasteiger partial charge in [-0.2, -0.15) is 9.97 Å². The van der Waals surface area contributed by atoms with Crippen molar-refractivity contribution in [1.82, 2.24) is 19.9 Å². The minimum atomic E-state index is 0.457. The van der Waals surface area contributed by atoms with Crippen LogP contribution in [0.3, 0.4) is 0 Å². The smallest absolute Gasteiger partial charge is 0.250 e. The van der Waals surface area contributed by atoms with Crippen LogP contribution in [0.2, 0.25) is 0 Å². The van der Waals surface area contributed by atoms with E-state index in [1.807, 2.05) is 30.5 Å². The number of thioether (sulfide) groups is 1. The predicted molar refractivity (Wildman–Crippen MR) is 79.5 cm³/mol. The standard InChI is InChI=1S/C13H13N5OS/c1-14-13-17-11-10(15-7-16-11)12(18-13)19-8-5-3-4-6-9(8)20-2/h3-7H,1-2H3,(H2,14,15,16,17,18). The van der Waals surface area contributed by atoms with Crippen LogP contribution in [0.15, 0.2) is 35.5 Å². The Morgan fingerprint density at radius 3 is 2.90 bits per heavy atom. The molecule has 2 aromatic heterocycles. The van der Waals surface area contributed by atoms with Crippen molar-refractivity contribution in [3.63, 3.8) is 0 Å². The number of anilines is 1. The SMILES string of the molecule is CNc1nc(Oc2ccccc2SC)c2[nH]cnc2n1. The number of aromatic amines is 1. The summed E-state index contributed by atoms with van der Waals surface area (Å²) in [6, 6.07) is 7.82. The first-order chi connectivity index (χ1) is 9.81. The Morgan fingerprint density at radius 2 is 2.10 bits per heavy atom. The number of ether oxygens (including phenoxy) is 1. The molecule has 2 heterocycles. The molecular formula is C13H13N5OS. The maximum absolute atomic E-state index is 5.93. The van der Waals surface area contributed by atoms with Crippen LogP contribution >= 0.6 is 11.8 Å². The molecule has 3 aromatic rings. The van der Waals surface area contributed by atoms with Gasteiger partial charge in [-0.1, -0.05) is 12.1 Å². The second-order valence-corrected chi connectivity index (χ2v) is 4.80. The molecule has 0 amide bonds. The third kappa shape index (κ3) is 2.27. The van der Waals surface area contributed by atoms with Crippen molar-refractivity contribution in [2.45, 2.75) is 4.90 Å². The highest BCUT2D eigenvalue weighted by molar-refractivity contribution is 7.98. The van der Waals surface area contributed by atoms with Crippen LogP contribution in [0.1, 0.15) is 0 Å². The third-order valence-electron chi connectivity index (χ3n) is 2.75. The number of H-pyrrole nitrogens is 1. The van der Waals surface area contributed by atoms with Crippen molar-refractivity contribution in [2.24, 2.45) is 0 Å². The van der Waals surface area contributed by atoms with Crippen molar-refractivity contribution >= 4 is 28.9 Å². The van der Waals surface area contributed by atoms with Gasteiger partial charge in [-0.05, 0) is 18.4 Å². The summed E-state index contributed by atoms with van der Waals surface area (Å²) in [5.74, 6) is 1.69. The summed E-state index contributed by atoms with van der Waals surface area (Å²) in [5.41, 5.74) is 1.25. The highest BCUT2D eigenvalue weighted by Gasteiger charge is 2.13. The van der Waals surface area contributed by atoms with Gasteiger partial charge in [-0.15, -0.1) is 11.8 Å². The fourth-order valence-corrected chi connectivity index (χ4v) is 2.33. The van der Waals surface area contributed by atoms with Crippen molar-refractivity contribution < 1.29 is 4.74 Å². The van der Waals surface area contributed by atoms with E-state index in [0.717, 1.165) is 10.6 Å². The molecule has 0 fully saturated rings. The largest absolute Gasteiger partial charge is 0.436 e. The van der Waals surface area contributed by atoms with Crippen molar-refractivity contribution in [1.29, 1.82) is 0 Å². The van der Waals surface area contributed by atoms with E-state index in [1.165, 1.54) is 0 Å². The molecular weight excluding hydrogens is 274 g/mol. The summed E-state index contributed by atoms with van der Waals surface area (Å²) >= 11 is 1.62. The number of hydrogen-bond donors (Lipinski definition) is 2. The highest BCUT2D eigenvalue weighted by atomic mass is 32.2. The number of nitrogens with zero attached hydrogens (tertiary/aromatic N) is 3. The molecule has 0 aliphatic heterocycles. The fraction of sp³-hybridized carbons (Fsp3) is 0.154. The molecule has 0 radical (unpaired) electrons. The van der Waals surface area contributed by atoms with Crippen molar-refractivity contribution in [3.8, 4) is 11.6 Å². The van der Waals surface area contributed by atoms with Crippen molar-refractivity contribution in [2.75, 3.05) is 18.6 Å². The second-order valence-electron chi connectivity index (χ2n) is 3.96. The van der Waals surface area contributed by atoms with Gasteiger partial charge in [0.15, 0.2) is 5.65 Å². The first kappa shape index (κ1) is 12.7. The van der Waals surface area contributed by atoms with Gasteiger partial charge in [-0.3, -0.25) is 0 Å². The molecule has 0 saturated carbocycles. The van der Waals surface area contributed by atoms with Gasteiger partial charge in [0.2, 0.25) is 5.95 Å². The van der Waals surface area contributed by atoms with E-state index >= 15 is 0 Å². The Balaban J connectivity index is 2.07. The van der Waals surface area contributed by atoms with Crippen LogP contribution in [0, 0.1) is 0 Å². The minimum absolute atomic E-state index is 0.457. The summed E-state index contributed by atoms with van der Waals surface area (Å²) in [7, 11) is 1.76. The molecule has 2 N–H and O–H groups in total. The highest BCUT2D eigenvalue weighted by Crippen LogP contribution is 2.32. The molecule has 0 saturated heterocycles. The molecule has 102 valence electrons. The van der Waals surface area contributed by atoms with E-state index in [2.05, 4.69) is 25.3 Å². The second kappa shape index (κ2) is 5.38. The molecule has 6 nitrogen and oxygen atoms in total. The van der Waals surface area contributed by atoms with Crippen LogP contribution in [0.25, 0.3) is 11.2 Å². The van der Waals surface area contributed by atoms with E-state index in [4.69, 9.17) is 4.74 Å². The first-order valence-corrected chi connectivity index (χ1v) is 7.24. The monoisotopic (exact) mass is 287 g/mol. The van der Waals surface area contributed by atoms with E-state index in [1.54, 1.807) is 25.1 Å². The predicted octanol–water partition coefficient (Wildman–Crippen LogP) is 2.91. The lowest BCUT2D eigenvalue weighted by molar-refractivity contribution is 0.457. The number of imidazole rings is 1. The summed E-state index contributed by atoms with van der Waals surface area (Å²) in [5, 5.41) is 2.90. The lowest BCUT2D eigenvalue weighted by atomic mass is 10.3. The maximum atomic E-state index is 5.93. The van der Waals surface area contributed by atoms with Crippen molar-refractivity contribution in [3.05, 3.63) is 30.6 Å². The molecule has 0 spiro atoms. The average Bonchev–Trinajstić information content (AvgIpc) is 2.96. The Kier molecular flexibility index (Phi) is 3.42. The number of rotatable bonds is 4. The normalized spacial score (nSPS) is 10.7. The zero-order chi connectivity index (χ0) is 13.9. The van der Waals surface area contributed by atoms with E-state index in [0.29, 0.717) is 23.0 Å². The van der Waals surface area contributed by atoms with E-state index < -0.39 is 0 Å². The van der Waals surface area contributed by atoms with Gasteiger partial charge in [0.1, 0.15) is 11.3 Å². The third-order valence-corrected chi connectivity index (χ3v) is 3.53. The number of benzene rings is 1. The van der Waals surface area contributed by atoms with E-state index in [-0.39, 0.29) is 0 Å². The van der Waals surface area contributed by atoms with Gasteiger partial charge in [-0.25, -0.2) is 4.98 Å². The Labute approximate surface area is 120 Å². The van der Waals surface area contributed by atoms with Crippen LogP contribution in [-0.4, -0.2) is 33.2 Å². The summed E-state index contributed by atoms with van der Waals surface area (Å²) in [6.07, 6.45) is 3.58. The van der Waals surface area contributed by atoms with Crippen LogP contribution < -0.4 is 10.1 Å². The fourth-order valence-electron chi connectivity index (χ4n) is 1.80. The summed E-state index contributed by atoms with van der Waals surface area (Å²) in [4.78, 5) is 16.8. The van der Waals surface area contributed by atoms with Gasteiger partial charge >= 0.3 is 0 Å². The van der Waals surface area contributed by atoms with Gasteiger partial charge in [0.05, 0.1) is 6.33 Å². The molecule has 0 aliphatic carbocycles. The molecule has 0 aliphatic rings. The number of fused-ring (bicyclic) bond motifs is 1. The zero-order valence-electron chi connectivity index (χ0n) is 11.0. The summed E-state index contributed by atoms with van der Waals surface area (Å²) < 4.78 is 5.93. The Bertz CT molecular complexity index is 742. The topological polar surface area (TPSA) is 75.7 Å². The molecule has 7 heteroatoms. The number of nitrogens with one attached hydrogen (secondary N) is 2. The molecule has 0 bridgehead atoms. The molecule has 1 aromatic carbocycles. The van der Waals surface area contributed by atoms with E-state index in [9.17, 15) is 0 Å². The van der Waals surface area contributed by atoms with Crippen LogP contribution in [0.4, 0.5) is 5.95 Å². The van der Waals surface area contributed by atoms with Gasteiger partial charge < -0.3 is 15.0 Å². The zero-order valence-corrected chi connectivity index (χ0v) is 11.9. The lowest BCUT2D eigenvalue weighted by Gasteiger charge is -2.09. The quantitative estimate of drug-likeness (QED) is 0.719. The Morgan fingerprint density at radius 1 is 1.25 bits per heavy atom. The first-order valence-electron chi connectivity index (χ1n) is 6.01. The Hall–Kier alpha value is -2.28. The van der Waals surface area contributed by atoms with Gasteiger partial charge in [0, 0.05) is 11.9 Å². The van der Waals surface area contributed by atoms with Crippen LogP contribution in [0.5, 0.6) is 11.6 Å². The number of aromatic nitrogens is 4.